The maximum atomic E-state index is 5.83. The largest absolute Gasteiger partial charge is 0.369 e. The van der Waals surface area contributed by atoms with E-state index in [1.165, 1.54) is 5.56 Å². The van der Waals surface area contributed by atoms with Crippen LogP contribution < -0.4 is 0 Å². The van der Waals surface area contributed by atoms with E-state index in [1.807, 2.05) is 26.2 Å². The fourth-order valence-electron chi connectivity index (χ4n) is 2.44. The number of rotatable bonds is 3. The zero-order valence-electron chi connectivity index (χ0n) is 12.5. The summed E-state index contributed by atoms with van der Waals surface area (Å²) in [5, 5.41) is 0. The minimum Gasteiger partial charge on any atom is -0.369 e. The van der Waals surface area contributed by atoms with Crippen LogP contribution in [0.4, 0.5) is 0 Å². The van der Waals surface area contributed by atoms with Crippen LogP contribution in [0.15, 0.2) is 30.7 Å². The number of ether oxygens (including phenoxy) is 1. The number of aryl methyl sites for hydroxylation is 2. The maximum absolute atomic E-state index is 5.83. The molecule has 3 heterocycles. The normalized spacial score (nSPS) is 19.6. The standard InChI is InChI=1S/C16H20N4O/c1-12-3-4-14(8-17-12)10-20-5-6-21-16(11-20)15-9-18-13(2)7-19-15/h3-4,7-9,16H,5-6,10-11H2,1-2H3. The highest BCUT2D eigenvalue weighted by atomic mass is 16.5. The van der Waals surface area contributed by atoms with Gasteiger partial charge in [0, 0.05) is 37.7 Å². The second-order valence-electron chi connectivity index (χ2n) is 5.49. The molecule has 1 aliphatic rings. The molecule has 5 heteroatoms. The first-order valence-electron chi connectivity index (χ1n) is 7.25. The van der Waals surface area contributed by atoms with Crippen LogP contribution >= 0.6 is 0 Å². The highest BCUT2D eigenvalue weighted by Gasteiger charge is 2.23. The summed E-state index contributed by atoms with van der Waals surface area (Å²) in [5.74, 6) is 0. The Morgan fingerprint density at radius 3 is 2.67 bits per heavy atom. The predicted octanol–water partition coefficient (Wildman–Crippen LogP) is 2.06. The fraction of sp³-hybridized carbons (Fsp3) is 0.438. The Labute approximate surface area is 125 Å². The molecule has 1 saturated heterocycles. The van der Waals surface area contributed by atoms with Crippen LogP contribution in [0.5, 0.6) is 0 Å². The van der Waals surface area contributed by atoms with Gasteiger partial charge in [0.15, 0.2) is 0 Å². The van der Waals surface area contributed by atoms with Crippen LogP contribution in [0.3, 0.4) is 0 Å². The van der Waals surface area contributed by atoms with Gasteiger partial charge in [0.2, 0.25) is 0 Å². The number of hydrogen-bond donors (Lipinski definition) is 0. The van der Waals surface area contributed by atoms with Crippen molar-refractivity contribution in [1.82, 2.24) is 19.9 Å². The zero-order chi connectivity index (χ0) is 14.7. The Morgan fingerprint density at radius 2 is 1.95 bits per heavy atom. The van der Waals surface area contributed by atoms with Gasteiger partial charge in [-0.25, -0.2) is 0 Å². The van der Waals surface area contributed by atoms with Gasteiger partial charge in [0.05, 0.1) is 24.2 Å². The molecule has 1 fully saturated rings. The minimum atomic E-state index is 0.00487. The highest BCUT2D eigenvalue weighted by Crippen LogP contribution is 2.21. The van der Waals surface area contributed by atoms with Crippen LogP contribution in [0.25, 0.3) is 0 Å². The number of nitrogens with zero attached hydrogens (tertiary/aromatic N) is 4. The molecule has 1 unspecified atom stereocenters. The van der Waals surface area contributed by atoms with Crippen molar-refractivity contribution in [2.24, 2.45) is 0 Å². The summed E-state index contributed by atoms with van der Waals surface area (Å²) in [6.45, 7) is 7.33. The van der Waals surface area contributed by atoms with E-state index >= 15 is 0 Å². The van der Waals surface area contributed by atoms with Gasteiger partial charge in [0.25, 0.3) is 0 Å². The number of hydrogen-bond acceptors (Lipinski definition) is 5. The summed E-state index contributed by atoms with van der Waals surface area (Å²) in [5.41, 5.74) is 4.12. The first-order valence-corrected chi connectivity index (χ1v) is 7.25. The van der Waals surface area contributed by atoms with E-state index in [2.05, 4.69) is 32.0 Å². The molecule has 0 amide bonds. The third-order valence-corrected chi connectivity index (χ3v) is 3.66. The van der Waals surface area contributed by atoms with Crippen molar-refractivity contribution in [2.75, 3.05) is 19.7 Å². The summed E-state index contributed by atoms with van der Waals surface area (Å²) in [7, 11) is 0. The lowest BCUT2D eigenvalue weighted by Crippen LogP contribution is -2.38. The maximum Gasteiger partial charge on any atom is 0.114 e. The van der Waals surface area contributed by atoms with Crippen molar-refractivity contribution in [3.63, 3.8) is 0 Å². The van der Waals surface area contributed by atoms with Crippen LogP contribution in [0.1, 0.15) is 28.7 Å². The Bertz CT molecular complexity index is 582. The molecule has 0 aromatic carbocycles. The van der Waals surface area contributed by atoms with Crippen LogP contribution in [0.2, 0.25) is 0 Å². The molecule has 0 saturated carbocycles. The Morgan fingerprint density at radius 1 is 1.10 bits per heavy atom. The van der Waals surface area contributed by atoms with Crippen molar-refractivity contribution in [1.29, 1.82) is 0 Å². The molecular weight excluding hydrogens is 264 g/mol. The minimum absolute atomic E-state index is 0.00487. The molecule has 0 spiro atoms. The van der Waals surface area contributed by atoms with E-state index in [1.54, 1.807) is 6.20 Å². The molecule has 1 aliphatic heterocycles. The molecule has 0 radical (unpaired) electrons. The van der Waals surface area contributed by atoms with Gasteiger partial charge in [-0.2, -0.15) is 0 Å². The lowest BCUT2D eigenvalue weighted by atomic mass is 10.2. The number of morpholine rings is 1. The van der Waals surface area contributed by atoms with Crippen molar-refractivity contribution in [3.05, 3.63) is 53.4 Å². The summed E-state index contributed by atoms with van der Waals surface area (Å²) in [6.07, 6.45) is 5.56. The van der Waals surface area contributed by atoms with Crippen molar-refractivity contribution in [2.45, 2.75) is 26.5 Å². The molecular formula is C16H20N4O. The third-order valence-electron chi connectivity index (χ3n) is 3.66. The SMILES string of the molecule is Cc1ccc(CN2CCOC(c3cnc(C)cn3)C2)cn1. The van der Waals surface area contributed by atoms with Gasteiger partial charge in [-0.1, -0.05) is 6.07 Å². The smallest absolute Gasteiger partial charge is 0.114 e. The van der Waals surface area contributed by atoms with Crippen LogP contribution in [-0.4, -0.2) is 39.5 Å². The Balaban J connectivity index is 1.65. The molecule has 5 nitrogen and oxygen atoms in total. The second-order valence-corrected chi connectivity index (χ2v) is 5.49. The molecule has 0 aliphatic carbocycles. The van der Waals surface area contributed by atoms with Gasteiger partial charge in [-0.15, -0.1) is 0 Å². The quantitative estimate of drug-likeness (QED) is 0.863. The van der Waals surface area contributed by atoms with E-state index in [0.29, 0.717) is 0 Å². The summed E-state index contributed by atoms with van der Waals surface area (Å²) >= 11 is 0. The van der Waals surface area contributed by atoms with Crippen molar-refractivity contribution in [3.8, 4) is 0 Å². The van der Waals surface area contributed by atoms with Gasteiger partial charge < -0.3 is 4.74 Å². The van der Waals surface area contributed by atoms with Crippen molar-refractivity contribution >= 4 is 0 Å². The average molecular weight is 284 g/mol. The topological polar surface area (TPSA) is 51.1 Å². The summed E-state index contributed by atoms with van der Waals surface area (Å²) in [6, 6.07) is 4.19. The van der Waals surface area contributed by atoms with E-state index < -0.39 is 0 Å². The summed E-state index contributed by atoms with van der Waals surface area (Å²) in [4.78, 5) is 15.5. The lowest BCUT2D eigenvalue weighted by molar-refractivity contribution is -0.0352. The molecule has 0 N–H and O–H groups in total. The third kappa shape index (κ3) is 3.62. The van der Waals surface area contributed by atoms with E-state index in [9.17, 15) is 0 Å². The van der Waals surface area contributed by atoms with E-state index in [-0.39, 0.29) is 6.10 Å². The molecule has 1 atom stereocenters. The highest BCUT2D eigenvalue weighted by molar-refractivity contribution is 5.13. The number of aromatic nitrogens is 3. The van der Waals surface area contributed by atoms with Gasteiger partial charge in [0.1, 0.15) is 6.10 Å². The monoisotopic (exact) mass is 284 g/mol. The molecule has 2 aromatic rings. The Kier molecular flexibility index (Phi) is 4.22. The molecule has 3 rings (SSSR count). The van der Waals surface area contributed by atoms with Crippen LogP contribution in [0, 0.1) is 13.8 Å². The summed E-state index contributed by atoms with van der Waals surface area (Å²) < 4.78 is 5.83. The molecule has 2 aromatic heterocycles. The molecule has 21 heavy (non-hydrogen) atoms. The van der Waals surface area contributed by atoms with Gasteiger partial charge in [-0.3, -0.25) is 19.9 Å². The zero-order valence-corrected chi connectivity index (χ0v) is 12.5. The van der Waals surface area contributed by atoms with Gasteiger partial charge in [-0.05, 0) is 25.5 Å². The lowest BCUT2D eigenvalue weighted by Gasteiger charge is -2.32. The predicted molar refractivity (Wildman–Crippen MR) is 79.7 cm³/mol. The van der Waals surface area contributed by atoms with E-state index in [4.69, 9.17) is 4.74 Å². The molecule has 0 bridgehead atoms. The number of pyridine rings is 1. The first kappa shape index (κ1) is 14.1. The van der Waals surface area contributed by atoms with Crippen molar-refractivity contribution < 1.29 is 4.74 Å². The fourth-order valence-corrected chi connectivity index (χ4v) is 2.44. The second kappa shape index (κ2) is 6.28. The van der Waals surface area contributed by atoms with E-state index in [0.717, 1.165) is 43.3 Å². The first-order chi connectivity index (χ1) is 10.2. The van der Waals surface area contributed by atoms with Crippen LogP contribution in [-0.2, 0) is 11.3 Å². The average Bonchev–Trinajstić information content (AvgIpc) is 2.51. The molecule has 110 valence electrons. The van der Waals surface area contributed by atoms with Gasteiger partial charge >= 0.3 is 0 Å². The Hall–Kier alpha value is -1.85.